The number of rotatable bonds is 10. The normalized spacial score (nSPS) is 12.4. The van der Waals surface area contributed by atoms with E-state index in [1.807, 2.05) is 0 Å². The number of aromatic hydroxyl groups is 2. The van der Waals surface area contributed by atoms with Gasteiger partial charge in [0, 0.05) is 45.5 Å². The molecule has 301 valence electrons. The van der Waals surface area contributed by atoms with Crippen molar-refractivity contribution < 1.29 is 70.5 Å². The van der Waals surface area contributed by atoms with Gasteiger partial charge in [-0.15, -0.1) is 21.6 Å². The summed E-state index contributed by atoms with van der Waals surface area (Å²) in [7, 11) is -13.9. The number of fused-ring (bicyclic) bond motifs is 2. The summed E-state index contributed by atoms with van der Waals surface area (Å²) in [6.07, 6.45) is 0. The third-order valence-corrected chi connectivity index (χ3v) is 12.4. The van der Waals surface area contributed by atoms with Crippen LogP contribution >= 0.6 is 11.3 Å². The van der Waals surface area contributed by atoms with Crippen molar-refractivity contribution >= 4 is 96.8 Å². The van der Waals surface area contributed by atoms with E-state index in [0.29, 0.717) is 37.7 Å². The van der Waals surface area contributed by atoms with Gasteiger partial charge in [-0.05, 0) is 96.7 Å². The Hall–Kier alpha value is -5.68. The van der Waals surface area contributed by atoms with E-state index in [0.717, 1.165) is 17.4 Å². The predicted octanol–water partition coefficient (Wildman–Crippen LogP) is 9.49. The summed E-state index contributed by atoms with van der Waals surface area (Å²) in [6, 6.07) is 24.6. The summed E-state index contributed by atoms with van der Waals surface area (Å²) in [6.45, 7) is 1.58. The first-order chi connectivity index (χ1) is 26.8. The van der Waals surface area contributed by atoms with Gasteiger partial charge < -0.3 is 15.5 Å². The van der Waals surface area contributed by atoms with Crippen molar-refractivity contribution in [2.24, 2.45) is 20.5 Å². The van der Waals surface area contributed by atoms with Crippen LogP contribution in [-0.4, -0.2) is 54.1 Å². The minimum Gasteiger partial charge on any atom is -0.506 e. The van der Waals surface area contributed by atoms with Crippen molar-refractivity contribution in [1.29, 1.82) is 0 Å². The van der Waals surface area contributed by atoms with Crippen molar-refractivity contribution in [3.05, 3.63) is 109 Å². The number of nitrogens with zero attached hydrogens (tertiary/aromatic N) is 5. The predicted molar refractivity (Wildman–Crippen MR) is 214 cm³/mol. The average Bonchev–Trinajstić information content (AvgIpc) is 3.57. The molecule has 7 aromatic rings. The van der Waals surface area contributed by atoms with Crippen LogP contribution in [0.25, 0.3) is 31.6 Å². The fourth-order valence-corrected chi connectivity index (χ4v) is 9.17. The van der Waals surface area contributed by atoms with Crippen LogP contribution in [0.15, 0.2) is 138 Å². The summed E-state index contributed by atoms with van der Waals surface area (Å²) in [4.78, 5) is 3.19. The fourth-order valence-electron chi connectivity index (χ4n) is 5.67. The maximum atomic E-state index is 12.3. The molecule has 6 aromatic carbocycles. The minimum atomic E-state index is -4.95. The van der Waals surface area contributed by atoms with Crippen molar-refractivity contribution in [2.45, 2.75) is 21.6 Å². The van der Waals surface area contributed by atoms with E-state index in [1.54, 1.807) is 43.3 Å². The van der Waals surface area contributed by atoms with Crippen LogP contribution in [0, 0.1) is 6.92 Å². The summed E-state index contributed by atoms with van der Waals surface area (Å²) >= 11 is 1.11. The first-order valence-corrected chi connectivity index (χ1v) is 21.3. The van der Waals surface area contributed by atoms with E-state index in [4.69, 9.17) is 0 Å². The minimum absolute atomic E-state index is 0. The molecule has 0 aliphatic heterocycles. The van der Waals surface area contributed by atoms with Gasteiger partial charge in [-0.3, -0.25) is 13.7 Å². The number of phenolic OH excluding ortho intramolecular Hbond substituents is 2. The van der Waals surface area contributed by atoms with E-state index in [-0.39, 0.29) is 59.0 Å². The molecule has 0 saturated carbocycles. The molecule has 6 N–H and O–H groups in total. The molecule has 0 fully saturated rings. The SMILES string of the molecule is Cc1ccc2nc(-c3ccc(N=Nc4ccc(N=Nc5c(S(=O)(=O)O)cc6ccc(Nc7cccc(S(=O)(=O)O)c7)cc6c5O)c(O)c4)cc3)sc2c1S(=O)(=O)O.[Cu].[H+].[H+].[H+]. The number of phenols is 2. The molecule has 0 aliphatic rings. The Morgan fingerprint density at radius 2 is 1.38 bits per heavy atom. The number of hydrogen-bond donors (Lipinski definition) is 6. The van der Waals surface area contributed by atoms with E-state index < -0.39 is 52.4 Å². The molecular formula is C36H29CuN6O11S4+3. The number of aryl methyl sites for hydroxylation is 1. The second-order valence-corrected chi connectivity index (χ2v) is 17.5. The first kappa shape index (κ1) is 41.9. The molecule has 0 amide bonds. The molecule has 7 rings (SSSR count). The molecule has 0 atom stereocenters. The number of hydrogen-bond acceptors (Lipinski definition) is 15. The summed E-state index contributed by atoms with van der Waals surface area (Å²) in [5, 5.41) is 41.6. The van der Waals surface area contributed by atoms with Gasteiger partial charge >= 0.3 is 4.28 Å². The quantitative estimate of drug-likeness (QED) is 0.0424. The van der Waals surface area contributed by atoms with Crippen molar-refractivity contribution in [2.75, 3.05) is 5.32 Å². The van der Waals surface area contributed by atoms with Gasteiger partial charge in [0.25, 0.3) is 30.4 Å². The standard InChI is InChI=1S/C36H26N6O11S4.Cu/c1-19-5-13-29-34(35(19)57(51,52)53)54-36(38-29)20-6-9-22(10-7-20)39-40-25-12-14-28(30(43)18-25)41-42-32-31(56(48,49)50)15-21-8-11-24(17-27(21)33(32)44)37-23-3-2-4-26(16-23)55(45,46)47;/h2-18,37,43-44H,1H3,(H,45,46,47)(H,48,49,50)(H,51,52,53);/p+3. The van der Waals surface area contributed by atoms with E-state index >= 15 is 0 Å². The number of thiazole rings is 1. The molecule has 58 heavy (non-hydrogen) atoms. The van der Waals surface area contributed by atoms with Gasteiger partial charge in [0.1, 0.15) is 31.9 Å². The second-order valence-electron chi connectivity index (χ2n) is 12.3. The van der Waals surface area contributed by atoms with Gasteiger partial charge in [-0.1, -0.05) is 18.2 Å². The van der Waals surface area contributed by atoms with Crippen molar-refractivity contribution in [1.82, 2.24) is 4.98 Å². The van der Waals surface area contributed by atoms with Crippen LogP contribution in [0.4, 0.5) is 34.1 Å². The van der Waals surface area contributed by atoms with Crippen LogP contribution in [-0.2, 0) is 47.4 Å². The van der Waals surface area contributed by atoms with Crippen molar-refractivity contribution in [3.63, 3.8) is 0 Å². The second kappa shape index (κ2) is 15.9. The maximum Gasteiger partial charge on any atom is 1.00 e. The van der Waals surface area contributed by atoms with E-state index in [2.05, 4.69) is 30.8 Å². The Labute approximate surface area is 348 Å². The van der Waals surface area contributed by atoms with Crippen LogP contribution in [0.1, 0.15) is 9.84 Å². The Morgan fingerprint density at radius 1 is 0.690 bits per heavy atom. The summed E-state index contributed by atoms with van der Waals surface area (Å²) < 4.78 is 101. The fraction of sp³-hybridized carbons (Fsp3) is 0.0278. The molecule has 17 nitrogen and oxygen atoms in total. The summed E-state index contributed by atoms with van der Waals surface area (Å²) in [5.41, 5.74) is 1.90. The molecule has 1 aromatic heterocycles. The van der Waals surface area contributed by atoms with E-state index in [9.17, 15) is 49.1 Å². The number of aromatic nitrogens is 1. The molecule has 0 aliphatic carbocycles. The first-order valence-electron chi connectivity index (χ1n) is 16.1. The molecule has 1 heterocycles. The van der Waals surface area contributed by atoms with Crippen molar-refractivity contribution in [3.8, 4) is 22.1 Å². The molecule has 22 heteroatoms. The number of nitrogens with one attached hydrogen (secondary N) is 1. The molecule has 1 radical (unpaired) electrons. The Kier molecular flexibility index (Phi) is 11.5. The Morgan fingerprint density at radius 3 is 2.05 bits per heavy atom. The Bertz CT molecular complexity index is 3190. The third kappa shape index (κ3) is 8.89. The number of azo groups is 2. The van der Waals surface area contributed by atoms with Gasteiger partial charge in [-0.25, -0.2) is 4.98 Å². The third-order valence-electron chi connectivity index (χ3n) is 8.33. The van der Waals surface area contributed by atoms with Crippen LogP contribution in [0.5, 0.6) is 11.5 Å². The van der Waals surface area contributed by atoms with Gasteiger partial charge in [-0.2, -0.15) is 35.5 Å². The number of anilines is 2. The zero-order valence-corrected chi connectivity index (χ0v) is 33.4. The van der Waals surface area contributed by atoms with Crippen LogP contribution in [0.3, 0.4) is 0 Å². The van der Waals surface area contributed by atoms with Gasteiger partial charge in [0.15, 0.2) is 5.75 Å². The summed E-state index contributed by atoms with van der Waals surface area (Å²) in [5.74, 6) is -1.12. The molecule has 0 saturated heterocycles. The molecule has 0 bridgehead atoms. The van der Waals surface area contributed by atoms with Gasteiger partial charge in [0.2, 0.25) is 0 Å². The topological polar surface area (TPSA) is 278 Å². The zero-order chi connectivity index (χ0) is 40.9. The molecular weight excluding hydrogens is 884 g/mol. The molecule has 0 unspecified atom stereocenters. The van der Waals surface area contributed by atoms with Crippen LogP contribution in [0.2, 0.25) is 0 Å². The Balaban J connectivity index is 0.00000248. The largest absolute Gasteiger partial charge is 1.00 e. The van der Waals surface area contributed by atoms with E-state index in [1.165, 1.54) is 60.7 Å². The van der Waals surface area contributed by atoms with Crippen LogP contribution < -0.4 is 5.32 Å². The smallest absolute Gasteiger partial charge is 0.506 e. The number of benzene rings is 6. The van der Waals surface area contributed by atoms with Gasteiger partial charge in [0.05, 0.1) is 26.5 Å². The molecule has 0 spiro atoms. The average molecular weight is 913 g/mol. The zero-order valence-electron chi connectivity index (χ0n) is 32.2. The monoisotopic (exact) mass is 912 g/mol. The maximum absolute atomic E-state index is 12.3.